The van der Waals surface area contributed by atoms with E-state index >= 15 is 0 Å². The minimum absolute atomic E-state index is 0.0140. The van der Waals surface area contributed by atoms with Gasteiger partial charge in [0.25, 0.3) is 5.91 Å². The number of piperazine rings is 1. The highest BCUT2D eigenvalue weighted by Gasteiger charge is 2.24. The molecule has 0 unspecified atom stereocenters. The molecule has 2 aromatic rings. The lowest BCUT2D eigenvalue weighted by atomic mass is 10.1. The third kappa shape index (κ3) is 5.68. The highest BCUT2D eigenvalue weighted by Crippen LogP contribution is 2.19. The average Bonchev–Trinajstić information content (AvgIpc) is 2.69. The van der Waals surface area contributed by atoms with Gasteiger partial charge in [0, 0.05) is 6.08 Å². The second-order valence-corrected chi connectivity index (χ2v) is 7.43. The molecule has 146 valence electrons. The van der Waals surface area contributed by atoms with E-state index in [9.17, 15) is 9.59 Å². The fourth-order valence-corrected chi connectivity index (χ4v) is 3.34. The minimum atomic E-state index is -0.0675. The maximum Gasteiger partial charge on any atom is 0.279 e. The first-order chi connectivity index (χ1) is 13.5. The zero-order valence-corrected chi connectivity index (χ0v) is 16.7. The van der Waals surface area contributed by atoms with Gasteiger partial charge in [0.2, 0.25) is 5.91 Å². The molecule has 1 aliphatic heterocycles. The van der Waals surface area contributed by atoms with Gasteiger partial charge < -0.3 is 15.1 Å². The van der Waals surface area contributed by atoms with Crippen LogP contribution in [0.1, 0.15) is 11.1 Å². The van der Waals surface area contributed by atoms with Crippen LogP contribution in [0.2, 0.25) is 5.02 Å². The van der Waals surface area contributed by atoms with Crippen LogP contribution in [-0.2, 0) is 9.59 Å². The SMILES string of the molecule is Cc1ccc(/C=C/C(=O)N2CC[NH+](CC(=O)Nc3ccccc3Cl)CC2)cc1. The van der Waals surface area contributed by atoms with Gasteiger partial charge in [0.1, 0.15) is 0 Å². The summed E-state index contributed by atoms with van der Waals surface area (Å²) in [5.41, 5.74) is 2.84. The number of nitrogens with one attached hydrogen (secondary N) is 2. The predicted octanol–water partition coefficient (Wildman–Crippen LogP) is 2.03. The van der Waals surface area contributed by atoms with Crippen LogP contribution in [0.15, 0.2) is 54.6 Å². The summed E-state index contributed by atoms with van der Waals surface area (Å²) in [6.45, 7) is 5.19. The third-order valence-corrected chi connectivity index (χ3v) is 5.17. The zero-order chi connectivity index (χ0) is 19.9. The van der Waals surface area contributed by atoms with Gasteiger partial charge in [-0.05, 0) is 30.7 Å². The number of quaternary nitrogens is 1. The maximum atomic E-state index is 12.4. The number of benzene rings is 2. The Hall–Kier alpha value is -2.63. The Kier molecular flexibility index (Phi) is 6.85. The molecule has 28 heavy (non-hydrogen) atoms. The van der Waals surface area contributed by atoms with Crippen LogP contribution in [-0.4, -0.2) is 49.4 Å². The Morgan fingerprint density at radius 1 is 1.11 bits per heavy atom. The van der Waals surface area contributed by atoms with Crippen molar-refractivity contribution in [1.82, 2.24) is 4.90 Å². The highest BCUT2D eigenvalue weighted by molar-refractivity contribution is 6.33. The molecule has 5 nitrogen and oxygen atoms in total. The monoisotopic (exact) mass is 398 g/mol. The number of hydrogen-bond donors (Lipinski definition) is 2. The van der Waals surface area contributed by atoms with E-state index in [-0.39, 0.29) is 11.8 Å². The number of halogens is 1. The molecule has 2 aromatic carbocycles. The Bertz CT molecular complexity index is 856. The van der Waals surface area contributed by atoms with Crippen molar-refractivity contribution in [3.63, 3.8) is 0 Å². The largest absolute Gasteiger partial charge is 0.328 e. The first kappa shape index (κ1) is 20.1. The van der Waals surface area contributed by atoms with Gasteiger partial charge in [-0.25, -0.2) is 0 Å². The van der Waals surface area contributed by atoms with Crippen molar-refractivity contribution in [2.75, 3.05) is 38.0 Å². The topological polar surface area (TPSA) is 53.9 Å². The number of amides is 2. The molecule has 0 saturated carbocycles. The van der Waals surface area contributed by atoms with Crippen LogP contribution < -0.4 is 10.2 Å². The van der Waals surface area contributed by atoms with E-state index in [4.69, 9.17) is 11.6 Å². The summed E-state index contributed by atoms with van der Waals surface area (Å²) < 4.78 is 0. The van der Waals surface area contributed by atoms with E-state index in [0.717, 1.165) is 23.6 Å². The van der Waals surface area contributed by atoms with Crippen LogP contribution in [0.4, 0.5) is 5.69 Å². The number of carbonyl (C=O) groups excluding carboxylic acids is 2. The van der Waals surface area contributed by atoms with Crippen LogP contribution in [0.25, 0.3) is 6.08 Å². The molecule has 3 rings (SSSR count). The number of rotatable bonds is 5. The molecule has 0 spiro atoms. The van der Waals surface area contributed by atoms with Crippen LogP contribution in [0, 0.1) is 6.92 Å². The van der Waals surface area contributed by atoms with Crippen molar-refractivity contribution < 1.29 is 14.5 Å². The maximum absolute atomic E-state index is 12.4. The normalized spacial score (nSPS) is 15.0. The molecular formula is C22H25ClN3O2+. The fraction of sp³-hybridized carbons (Fsp3) is 0.273. The molecule has 0 atom stereocenters. The van der Waals surface area contributed by atoms with Crippen LogP contribution in [0.3, 0.4) is 0 Å². The molecule has 0 aromatic heterocycles. The molecule has 0 aliphatic carbocycles. The van der Waals surface area contributed by atoms with E-state index < -0.39 is 0 Å². The van der Waals surface area contributed by atoms with E-state index in [1.54, 1.807) is 18.2 Å². The smallest absolute Gasteiger partial charge is 0.279 e. The molecule has 1 saturated heterocycles. The van der Waals surface area contributed by atoms with E-state index in [1.807, 2.05) is 54.3 Å². The number of aryl methyl sites for hydroxylation is 1. The summed E-state index contributed by atoms with van der Waals surface area (Å²) in [5.74, 6) is -0.0534. The molecule has 1 heterocycles. The quantitative estimate of drug-likeness (QED) is 0.757. The Morgan fingerprint density at radius 2 is 1.79 bits per heavy atom. The van der Waals surface area contributed by atoms with Crippen LogP contribution in [0.5, 0.6) is 0 Å². The molecule has 2 N–H and O–H groups in total. The van der Waals surface area contributed by atoms with Gasteiger partial charge in [0.05, 0.1) is 36.9 Å². The number of para-hydroxylation sites is 1. The van der Waals surface area contributed by atoms with Gasteiger partial charge in [0.15, 0.2) is 6.54 Å². The van der Waals surface area contributed by atoms with Crippen molar-refractivity contribution in [2.45, 2.75) is 6.92 Å². The summed E-state index contributed by atoms with van der Waals surface area (Å²) >= 11 is 6.07. The lowest BCUT2D eigenvalue weighted by Crippen LogP contribution is -3.15. The first-order valence-corrected chi connectivity index (χ1v) is 9.80. The summed E-state index contributed by atoms with van der Waals surface area (Å²) in [6.07, 6.45) is 3.47. The van der Waals surface area contributed by atoms with Gasteiger partial charge in [-0.1, -0.05) is 53.6 Å². The lowest BCUT2D eigenvalue weighted by Gasteiger charge is -2.31. The molecule has 1 aliphatic rings. The Balaban J connectivity index is 1.44. The van der Waals surface area contributed by atoms with Gasteiger partial charge >= 0.3 is 0 Å². The van der Waals surface area contributed by atoms with Gasteiger partial charge in [-0.3, -0.25) is 9.59 Å². The van der Waals surface area contributed by atoms with Crippen molar-refractivity contribution in [2.24, 2.45) is 0 Å². The molecule has 0 radical (unpaired) electrons. The van der Waals surface area contributed by atoms with E-state index in [2.05, 4.69) is 5.32 Å². The third-order valence-electron chi connectivity index (χ3n) is 4.84. The lowest BCUT2D eigenvalue weighted by molar-refractivity contribution is -0.895. The summed E-state index contributed by atoms with van der Waals surface area (Å²) in [6, 6.07) is 15.2. The molecule has 0 bridgehead atoms. The first-order valence-electron chi connectivity index (χ1n) is 9.43. The second-order valence-electron chi connectivity index (χ2n) is 7.02. The molecule has 6 heteroatoms. The summed E-state index contributed by atoms with van der Waals surface area (Å²) in [5, 5.41) is 3.38. The molecular weight excluding hydrogens is 374 g/mol. The number of nitrogens with zero attached hydrogens (tertiary/aromatic N) is 1. The van der Waals surface area contributed by atoms with E-state index in [0.29, 0.717) is 30.3 Å². The molecule has 2 amide bonds. The van der Waals surface area contributed by atoms with Crippen molar-refractivity contribution in [1.29, 1.82) is 0 Å². The minimum Gasteiger partial charge on any atom is -0.328 e. The Morgan fingerprint density at radius 3 is 2.46 bits per heavy atom. The molecule has 1 fully saturated rings. The average molecular weight is 399 g/mol. The highest BCUT2D eigenvalue weighted by atomic mass is 35.5. The predicted molar refractivity (Wildman–Crippen MR) is 112 cm³/mol. The van der Waals surface area contributed by atoms with Crippen molar-refractivity contribution in [3.05, 3.63) is 70.8 Å². The van der Waals surface area contributed by atoms with Gasteiger partial charge in [-0.2, -0.15) is 0 Å². The standard InChI is InChI=1S/C22H24ClN3O2/c1-17-6-8-18(9-7-17)10-11-22(28)26-14-12-25(13-15-26)16-21(27)24-20-5-3-2-4-19(20)23/h2-11H,12-16H2,1H3,(H,24,27)/p+1/b11-10+. The van der Waals surface area contributed by atoms with Crippen molar-refractivity contribution in [3.8, 4) is 0 Å². The number of hydrogen-bond acceptors (Lipinski definition) is 2. The fourth-order valence-electron chi connectivity index (χ4n) is 3.15. The summed E-state index contributed by atoms with van der Waals surface area (Å²) in [4.78, 5) is 27.6. The van der Waals surface area contributed by atoms with E-state index in [1.165, 1.54) is 5.56 Å². The Labute approximate surface area is 170 Å². The van der Waals surface area contributed by atoms with Crippen LogP contribution >= 0.6 is 11.6 Å². The zero-order valence-electron chi connectivity index (χ0n) is 16.0. The van der Waals surface area contributed by atoms with Crippen molar-refractivity contribution >= 4 is 35.2 Å². The van der Waals surface area contributed by atoms with Gasteiger partial charge in [-0.15, -0.1) is 0 Å². The number of carbonyl (C=O) groups is 2. The second kappa shape index (κ2) is 9.53. The number of anilines is 1. The summed E-state index contributed by atoms with van der Waals surface area (Å²) in [7, 11) is 0.